The monoisotopic (exact) mass is 203 g/mol. The van der Waals surface area contributed by atoms with Crippen molar-refractivity contribution in [3.8, 4) is 0 Å². The first kappa shape index (κ1) is 9.34. The van der Waals surface area contributed by atoms with Gasteiger partial charge >= 0.3 is 0 Å². The third-order valence-electron chi connectivity index (χ3n) is 3.60. The molecule has 2 aliphatic rings. The Bertz CT molecular complexity index is 371. The standard InChI is InChI=1S/C13H17NO/c15-13(9-5-6-9)11-7-10-3-1-2-4-12(10)14-8-11/h7-9,13,15H,1-6H2/t13-/m1/s1. The van der Waals surface area contributed by atoms with Crippen molar-refractivity contribution in [2.45, 2.75) is 44.6 Å². The van der Waals surface area contributed by atoms with Crippen molar-refractivity contribution in [3.05, 3.63) is 29.1 Å². The van der Waals surface area contributed by atoms with Crippen LogP contribution in [0.1, 0.15) is 48.6 Å². The van der Waals surface area contributed by atoms with Gasteiger partial charge in [0.1, 0.15) is 0 Å². The molecule has 2 nitrogen and oxygen atoms in total. The highest BCUT2D eigenvalue weighted by atomic mass is 16.3. The molecule has 0 radical (unpaired) electrons. The average molecular weight is 203 g/mol. The maximum Gasteiger partial charge on any atom is 0.0833 e. The second-order valence-corrected chi connectivity index (χ2v) is 4.86. The second kappa shape index (κ2) is 3.60. The first-order chi connectivity index (χ1) is 7.34. The Hall–Kier alpha value is -0.890. The van der Waals surface area contributed by atoms with E-state index in [-0.39, 0.29) is 6.10 Å². The van der Waals surface area contributed by atoms with Crippen molar-refractivity contribution in [1.29, 1.82) is 0 Å². The van der Waals surface area contributed by atoms with Gasteiger partial charge in [0.25, 0.3) is 0 Å². The summed E-state index contributed by atoms with van der Waals surface area (Å²) in [5, 5.41) is 10.0. The van der Waals surface area contributed by atoms with Crippen LogP contribution >= 0.6 is 0 Å². The van der Waals surface area contributed by atoms with Gasteiger partial charge in [0.15, 0.2) is 0 Å². The van der Waals surface area contributed by atoms with E-state index in [4.69, 9.17) is 0 Å². The zero-order valence-electron chi connectivity index (χ0n) is 8.95. The first-order valence-corrected chi connectivity index (χ1v) is 6.00. The molecule has 0 aromatic carbocycles. The summed E-state index contributed by atoms with van der Waals surface area (Å²) in [5.74, 6) is 0.508. The van der Waals surface area contributed by atoms with E-state index in [0.717, 1.165) is 18.4 Å². The molecule has 1 aromatic rings. The quantitative estimate of drug-likeness (QED) is 0.800. The van der Waals surface area contributed by atoms with Gasteiger partial charge < -0.3 is 5.11 Å². The lowest BCUT2D eigenvalue weighted by Crippen LogP contribution is -2.08. The lowest BCUT2D eigenvalue weighted by atomic mass is 9.93. The van der Waals surface area contributed by atoms with Crippen molar-refractivity contribution in [1.82, 2.24) is 4.98 Å². The molecule has 1 heterocycles. The van der Waals surface area contributed by atoms with E-state index >= 15 is 0 Å². The van der Waals surface area contributed by atoms with E-state index in [1.165, 1.54) is 36.9 Å². The van der Waals surface area contributed by atoms with Gasteiger partial charge in [0, 0.05) is 11.9 Å². The van der Waals surface area contributed by atoms with Gasteiger partial charge in [-0.3, -0.25) is 4.98 Å². The molecular weight excluding hydrogens is 186 g/mol. The van der Waals surface area contributed by atoms with Crippen LogP contribution in [0.3, 0.4) is 0 Å². The molecule has 0 saturated heterocycles. The van der Waals surface area contributed by atoms with Gasteiger partial charge in [-0.25, -0.2) is 0 Å². The van der Waals surface area contributed by atoms with E-state index in [0.29, 0.717) is 5.92 Å². The molecule has 0 spiro atoms. The summed E-state index contributed by atoms with van der Waals surface area (Å²) in [6.07, 6.45) is 8.79. The molecule has 1 fully saturated rings. The van der Waals surface area contributed by atoms with Crippen LogP contribution in [-0.2, 0) is 12.8 Å². The number of nitrogens with zero attached hydrogens (tertiary/aromatic N) is 1. The Labute approximate surface area is 90.4 Å². The maximum atomic E-state index is 10.0. The lowest BCUT2D eigenvalue weighted by molar-refractivity contribution is 0.153. The minimum atomic E-state index is -0.260. The third kappa shape index (κ3) is 1.78. The lowest BCUT2D eigenvalue weighted by Gasteiger charge is -2.17. The second-order valence-electron chi connectivity index (χ2n) is 4.86. The summed E-state index contributed by atoms with van der Waals surface area (Å²) in [7, 11) is 0. The van der Waals surface area contributed by atoms with Crippen LogP contribution in [0.2, 0.25) is 0 Å². The Balaban J connectivity index is 1.89. The highest BCUT2D eigenvalue weighted by Gasteiger charge is 2.31. The summed E-state index contributed by atoms with van der Waals surface area (Å²) in [6, 6.07) is 2.18. The smallest absolute Gasteiger partial charge is 0.0833 e. The molecule has 0 aliphatic heterocycles. The number of rotatable bonds is 2. The largest absolute Gasteiger partial charge is 0.388 e. The fourth-order valence-electron chi connectivity index (χ4n) is 2.45. The first-order valence-electron chi connectivity index (χ1n) is 6.00. The van der Waals surface area contributed by atoms with Crippen LogP contribution in [0.25, 0.3) is 0 Å². The van der Waals surface area contributed by atoms with Crippen molar-refractivity contribution in [2.75, 3.05) is 0 Å². The fraction of sp³-hybridized carbons (Fsp3) is 0.615. The van der Waals surface area contributed by atoms with Gasteiger partial charge in [-0.15, -0.1) is 0 Å². The van der Waals surface area contributed by atoms with Crippen LogP contribution in [0.4, 0.5) is 0 Å². The van der Waals surface area contributed by atoms with E-state index in [9.17, 15) is 5.11 Å². The number of pyridine rings is 1. The molecule has 1 N–H and O–H groups in total. The topological polar surface area (TPSA) is 33.1 Å². The van der Waals surface area contributed by atoms with Crippen LogP contribution in [-0.4, -0.2) is 10.1 Å². The Morgan fingerprint density at radius 3 is 2.87 bits per heavy atom. The number of fused-ring (bicyclic) bond motifs is 1. The predicted molar refractivity (Wildman–Crippen MR) is 58.6 cm³/mol. The molecular formula is C13H17NO. The van der Waals surface area contributed by atoms with E-state index in [1.807, 2.05) is 6.20 Å². The van der Waals surface area contributed by atoms with Crippen molar-refractivity contribution in [3.63, 3.8) is 0 Å². The number of hydrogen-bond acceptors (Lipinski definition) is 2. The number of aromatic nitrogens is 1. The fourth-order valence-corrected chi connectivity index (χ4v) is 2.45. The minimum Gasteiger partial charge on any atom is -0.388 e. The number of aliphatic hydroxyl groups excluding tert-OH is 1. The minimum absolute atomic E-state index is 0.260. The van der Waals surface area contributed by atoms with Crippen LogP contribution in [0, 0.1) is 5.92 Å². The molecule has 0 amide bonds. The zero-order valence-corrected chi connectivity index (χ0v) is 8.95. The van der Waals surface area contributed by atoms with Crippen LogP contribution in [0.5, 0.6) is 0 Å². The zero-order chi connectivity index (χ0) is 10.3. The van der Waals surface area contributed by atoms with Crippen molar-refractivity contribution in [2.24, 2.45) is 5.92 Å². The van der Waals surface area contributed by atoms with Gasteiger partial charge in [0.05, 0.1) is 6.10 Å². The van der Waals surface area contributed by atoms with Crippen LogP contribution < -0.4 is 0 Å². The molecule has 80 valence electrons. The molecule has 2 aliphatic carbocycles. The number of hydrogen-bond donors (Lipinski definition) is 1. The summed E-state index contributed by atoms with van der Waals surface area (Å²) < 4.78 is 0. The highest BCUT2D eigenvalue weighted by Crippen LogP contribution is 2.41. The third-order valence-corrected chi connectivity index (χ3v) is 3.60. The van der Waals surface area contributed by atoms with E-state index in [1.54, 1.807) is 0 Å². The molecule has 0 unspecified atom stereocenters. The average Bonchev–Trinajstić information content (AvgIpc) is 3.11. The SMILES string of the molecule is O[C@@H](c1cnc2c(c1)CCCC2)C1CC1. The molecule has 2 heteroatoms. The van der Waals surface area contributed by atoms with Gasteiger partial charge in [-0.05, 0) is 61.6 Å². The predicted octanol–water partition coefficient (Wildman–Crippen LogP) is 2.40. The maximum absolute atomic E-state index is 10.0. The van der Waals surface area contributed by atoms with Gasteiger partial charge in [-0.2, -0.15) is 0 Å². The Morgan fingerprint density at radius 2 is 2.07 bits per heavy atom. The van der Waals surface area contributed by atoms with Crippen molar-refractivity contribution >= 4 is 0 Å². The molecule has 3 rings (SSSR count). The van der Waals surface area contributed by atoms with Crippen molar-refractivity contribution < 1.29 is 5.11 Å². The summed E-state index contributed by atoms with van der Waals surface area (Å²) >= 11 is 0. The summed E-state index contributed by atoms with van der Waals surface area (Å²) in [5.41, 5.74) is 3.67. The number of aliphatic hydroxyl groups is 1. The highest BCUT2D eigenvalue weighted by molar-refractivity contribution is 5.29. The Morgan fingerprint density at radius 1 is 1.27 bits per heavy atom. The summed E-state index contributed by atoms with van der Waals surface area (Å²) in [4.78, 5) is 4.49. The summed E-state index contributed by atoms with van der Waals surface area (Å²) in [6.45, 7) is 0. The number of aryl methyl sites for hydroxylation is 2. The Kier molecular flexibility index (Phi) is 2.24. The molecule has 0 bridgehead atoms. The van der Waals surface area contributed by atoms with Crippen LogP contribution in [0.15, 0.2) is 12.3 Å². The van der Waals surface area contributed by atoms with E-state index in [2.05, 4.69) is 11.1 Å². The van der Waals surface area contributed by atoms with E-state index < -0.39 is 0 Å². The molecule has 1 aromatic heterocycles. The molecule has 1 atom stereocenters. The molecule has 15 heavy (non-hydrogen) atoms. The normalized spacial score (nSPS) is 22.2. The van der Waals surface area contributed by atoms with Gasteiger partial charge in [0.2, 0.25) is 0 Å². The molecule has 1 saturated carbocycles. The van der Waals surface area contributed by atoms with Gasteiger partial charge in [-0.1, -0.05) is 0 Å².